The van der Waals surface area contributed by atoms with E-state index in [-0.39, 0.29) is 0 Å². The number of hydrogen-bond acceptors (Lipinski definition) is 8. The predicted octanol–water partition coefficient (Wildman–Crippen LogP) is 2.14. The number of likely N-dealkylation sites (tertiary alicyclic amines) is 1. The van der Waals surface area contributed by atoms with Gasteiger partial charge in [0, 0.05) is 76.1 Å². The van der Waals surface area contributed by atoms with Crippen LogP contribution in [0.5, 0.6) is 0 Å². The van der Waals surface area contributed by atoms with Gasteiger partial charge in [0.1, 0.15) is 5.82 Å². The summed E-state index contributed by atoms with van der Waals surface area (Å²) in [5, 5.41) is 10.1. The number of nitrogens with zero attached hydrogens (tertiary/aromatic N) is 6. The molecule has 8 nitrogen and oxygen atoms in total. The second-order valence-electron chi connectivity index (χ2n) is 9.47. The monoisotopic (exact) mass is 438 g/mol. The minimum absolute atomic E-state index is 0.373. The van der Waals surface area contributed by atoms with Crippen LogP contribution in [0, 0.1) is 12.3 Å². The average Bonchev–Trinajstić information content (AvgIpc) is 3.25. The summed E-state index contributed by atoms with van der Waals surface area (Å²) >= 11 is 0. The average molecular weight is 439 g/mol. The molecular weight excluding hydrogens is 404 g/mol. The number of hydrogen-bond donors (Lipinski definition) is 1. The Morgan fingerprint density at radius 1 is 1.12 bits per heavy atom. The van der Waals surface area contributed by atoms with Gasteiger partial charge in [-0.25, -0.2) is 4.98 Å². The van der Waals surface area contributed by atoms with Crippen LogP contribution < -0.4 is 4.90 Å². The Balaban J connectivity index is 1.19. The third-order valence-corrected chi connectivity index (χ3v) is 7.43. The van der Waals surface area contributed by atoms with Crippen molar-refractivity contribution >= 4 is 5.82 Å². The zero-order valence-electron chi connectivity index (χ0n) is 19.2. The van der Waals surface area contributed by atoms with E-state index in [1.807, 2.05) is 26.1 Å². The molecule has 2 aliphatic heterocycles. The molecule has 2 aromatic heterocycles. The number of anilines is 1. The molecule has 1 saturated carbocycles. The molecule has 0 bridgehead atoms. The number of aromatic nitrogens is 3. The van der Waals surface area contributed by atoms with Crippen molar-refractivity contribution in [2.75, 3.05) is 50.8 Å². The standard InChI is InChI=1S/C24H34N6O2/c1-3-32-23(31)30-16-24(17-30)7-6-19(15-24)28-11-13-29(14-12-28)22-20(5-4-8-27-22)21-18(2)25-9-10-26-21/h4-5,8-10,19,23,31H,3,6-7,11-17H2,1-2H3. The fourth-order valence-corrected chi connectivity index (χ4v) is 5.81. The maximum absolute atomic E-state index is 10.1. The molecule has 2 atom stereocenters. The largest absolute Gasteiger partial charge is 0.356 e. The third kappa shape index (κ3) is 4.12. The predicted molar refractivity (Wildman–Crippen MR) is 123 cm³/mol. The van der Waals surface area contributed by atoms with Crippen LogP contribution in [0.1, 0.15) is 31.9 Å². The molecule has 0 amide bonds. The van der Waals surface area contributed by atoms with Gasteiger partial charge in [0.15, 0.2) is 0 Å². The van der Waals surface area contributed by atoms with Gasteiger partial charge >= 0.3 is 0 Å². The summed E-state index contributed by atoms with van der Waals surface area (Å²) in [6, 6.07) is 4.73. The Morgan fingerprint density at radius 3 is 2.66 bits per heavy atom. The van der Waals surface area contributed by atoms with Crippen molar-refractivity contribution in [2.45, 2.75) is 45.6 Å². The summed E-state index contributed by atoms with van der Waals surface area (Å²) in [6.07, 6.45) is 8.37. The van der Waals surface area contributed by atoms with Crippen molar-refractivity contribution in [3.8, 4) is 11.3 Å². The fourth-order valence-electron chi connectivity index (χ4n) is 5.81. The zero-order chi connectivity index (χ0) is 22.1. The molecule has 3 fully saturated rings. The van der Waals surface area contributed by atoms with Gasteiger partial charge in [-0.1, -0.05) is 0 Å². The van der Waals surface area contributed by atoms with Crippen molar-refractivity contribution in [2.24, 2.45) is 5.41 Å². The summed E-state index contributed by atoms with van der Waals surface area (Å²) in [4.78, 5) is 20.8. The molecule has 8 heteroatoms. The summed E-state index contributed by atoms with van der Waals surface area (Å²) in [5.41, 5.74) is 3.28. The van der Waals surface area contributed by atoms with Crippen LogP contribution in [0.4, 0.5) is 5.82 Å². The molecule has 0 aromatic carbocycles. The highest BCUT2D eigenvalue weighted by molar-refractivity contribution is 5.74. The molecule has 172 valence electrons. The van der Waals surface area contributed by atoms with Crippen LogP contribution in [0.15, 0.2) is 30.7 Å². The molecule has 3 aliphatic rings. The number of rotatable bonds is 6. The van der Waals surface area contributed by atoms with E-state index >= 15 is 0 Å². The minimum atomic E-state index is -0.737. The molecule has 1 aliphatic carbocycles. The number of aryl methyl sites for hydroxylation is 1. The first-order valence-electron chi connectivity index (χ1n) is 11.8. The molecule has 1 N–H and O–H groups in total. The van der Waals surface area contributed by atoms with Gasteiger partial charge in [-0.05, 0) is 50.7 Å². The Labute approximate surface area is 190 Å². The SMILES string of the molecule is CCOC(O)N1CC2(CCC(N3CCN(c4ncccc4-c4nccnc4C)CC3)C2)C1. The van der Waals surface area contributed by atoms with Gasteiger partial charge in [0.05, 0.1) is 11.4 Å². The molecule has 2 saturated heterocycles. The minimum Gasteiger partial charge on any atom is -0.356 e. The summed E-state index contributed by atoms with van der Waals surface area (Å²) < 4.78 is 5.35. The van der Waals surface area contributed by atoms with Crippen LogP contribution in [0.3, 0.4) is 0 Å². The number of piperazine rings is 1. The maximum Gasteiger partial charge on any atom is 0.216 e. The van der Waals surface area contributed by atoms with Gasteiger partial charge in [-0.3, -0.25) is 19.8 Å². The van der Waals surface area contributed by atoms with Gasteiger partial charge in [0.2, 0.25) is 6.41 Å². The van der Waals surface area contributed by atoms with Crippen LogP contribution in [-0.2, 0) is 4.74 Å². The van der Waals surface area contributed by atoms with Crippen molar-refractivity contribution < 1.29 is 9.84 Å². The molecule has 1 spiro atoms. The van der Waals surface area contributed by atoms with Crippen LogP contribution in [0.25, 0.3) is 11.3 Å². The lowest BCUT2D eigenvalue weighted by molar-refractivity contribution is -0.238. The number of aliphatic hydroxyl groups excluding tert-OH is 1. The van der Waals surface area contributed by atoms with Gasteiger partial charge < -0.3 is 14.7 Å². The highest BCUT2D eigenvalue weighted by atomic mass is 16.6. The van der Waals surface area contributed by atoms with E-state index < -0.39 is 6.41 Å². The third-order valence-electron chi connectivity index (χ3n) is 7.43. The topological polar surface area (TPSA) is 77.9 Å². The molecule has 2 unspecified atom stereocenters. The van der Waals surface area contributed by atoms with E-state index in [4.69, 9.17) is 9.72 Å². The Morgan fingerprint density at radius 2 is 1.91 bits per heavy atom. The van der Waals surface area contributed by atoms with E-state index in [1.165, 1.54) is 19.3 Å². The first kappa shape index (κ1) is 21.7. The van der Waals surface area contributed by atoms with E-state index in [0.717, 1.165) is 62.0 Å². The molecule has 4 heterocycles. The number of aliphatic hydroxyl groups is 1. The van der Waals surface area contributed by atoms with Gasteiger partial charge in [0.25, 0.3) is 0 Å². The van der Waals surface area contributed by atoms with E-state index in [0.29, 0.717) is 18.1 Å². The zero-order valence-corrected chi connectivity index (χ0v) is 19.2. The van der Waals surface area contributed by atoms with E-state index in [2.05, 4.69) is 30.7 Å². The summed E-state index contributed by atoms with van der Waals surface area (Å²) in [5.74, 6) is 1.01. The lowest BCUT2D eigenvalue weighted by atomic mass is 9.78. The smallest absolute Gasteiger partial charge is 0.216 e. The molecule has 2 aromatic rings. The normalized spacial score (nSPS) is 24.6. The van der Waals surface area contributed by atoms with Crippen LogP contribution in [-0.4, -0.2) is 88.2 Å². The lowest BCUT2D eigenvalue weighted by Gasteiger charge is -2.50. The lowest BCUT2D eigenvalue weighted by Crippen LogP contribution is -2.60. The molecule has 32 heavy (non-hydrogen) atoms. The van der Waals surface area contributed by atoms with Gasteiger partial charge in [-0.2, -0.15) is 0 Å². The maximum atomic E-state index is 10.1. The molecule has 5 rings (SSSR count). The Kier molecular flexibility index (Phi) is 6.11. The van der Waals surface area contributed by atoms with Crippen LogP contribution >= 0.6 is 0 Å². The van der Waals surface area contributed by atoms with Crippen molar-refractivity contribution in [1.82, 2.24) is 24.8 Å². The number of pyridine rings is 1. The summed E-state index contributed by atoms with van der Waals surface area (Å²) in [7, 11) is 0. The molecule has 0 radical (unpaired) electrons. The van der Waals surface area contributed by atoms with Crippen LogP contribution in [0.2, 0.25) is 0 Å². The first-order chi connectivity index (χ1) is 15.6. The van der Waals surface area contributed by atoms with Crippen molar-refractivity contribution in [3.05, 3.63) is 36.4 Å². The highest BCUT2D eigenvalue weighted by Gasteiger charge is 2.51. The van der Waals surface area contributed by atoms with E-state index in [9.17, 15) is 5.11 Å². The number of ether oxygens (including phenoxy) is 1. The van der Waals surface area contributed by atoms with Crippen molar-refractivity contribution in [1.29, 1.82) is 0 Å². The highest BCUT2D eigenvalue weighted by Crippen LogP contribution is 2.47. The summed E-state index contributed by atoms with van der Waals surface area (Å²) in [6.45, 7) is 10.5. The quantitative estimate of drug-likeness (QED) is 0.688. The Bertz CT molecular complexity index is 926. The van der Waals surface area contributed by atoms with Gasteiger partial charge in [-0.15, -0.1) is 0 Å². The Hall–Kier alpha value is -2.13. The van der Waals surface area contributed by atoms with E-state index in [1.54, 1.807) is 12.4 Å². The second kappa shape index (κ2) is 9.02. The second-order valence-corrected chi connectivity index (χ2v) is 9.47. The van der Waals surface area contributed by atoms with Crippen molar-refractivity contribution in [3.63, 3.8) is 0 Å². The fraction of sp³-hybridized carbons (Fsp3) is 0.625. The molecular formula is C24H34N6O2. The first-order valence-corrected chi connectivity index (χ1v) is 11.8.